The topological polar surface area (TPSA) is 95.6 Å². The monoisotopic (exact) mass is 537 g/mol. The molecule has 0 aliphatic heterocycles. The lowest BCUT2D eigenvalue weighted by Crippen LogP contribution is -2.23. The second-order valence-electron chi connectivity index (χ2n) is 8.73. The number of methoxy groups -OCH3 is 2. The van der Waals surface area contributed by atoms with Crippen molar-refractivity contribution < 1.29 is 18.7 Å². The molecule has 0 aliphatic rings. The standard InChI is InChI=1S/C30H23N3O5S/c1-36-19-13-11-18(12-14-19)33-29(35)21-8-3-5-9-23(21)32-30(33)39-17-28(34)31-24-16-26-22(15-27(24)37-2)20-7-4-6-10-25(20)38-26/h3-16H,17H2,1-2H3,(H,31,34). The average Bonchev–Trinajstić information content (AvgIpc) is 3.33. The normalized spacial score (nSPS) is 11.2. The molecule has 0 bridgehead atoms. The molecule has 4 aromatic carbocycles. The Labute approximate surface area is 227 Å². The maximum atomic E-state index is 13.5. The van der Waals surface area contributed by atoms with Crippen molar-refractivity contribution in [3.05, 3.63) is 95.3 Å². The number of rotatable bonds is 7. The van der Waals surface area contributed by atoms with Gasteiger partial charge in [0.2, 0.25) is 5.91 Å². The molecular weight excluding hydrogens is 514 g/mol. The first-order valence-corrected chi connectivity index (χ1v) is 13.1. The van der Waals surface area contributed by atoms with E-state index in [0.29, 0.717) is 44.5 Å². The fourth-order valence-electron chi connectivity index (χ4n) is 4.50. The highest BCUT2D eigenvalue weighted by molar-refractivity contribution is 7.99. The van der Waals surface area contributed by atoms with Gasteiger partial charge in [-0.2, -0.15) is 0 Å². The van der Waals surface area contributed by atoms with Crippen molar-refractivity contribution in [3.8, 4) is 17.2 Å². The van der Waals surface area contributed by atoms with Gasteiger partial charge in [-0.15, -0.1) is 0 Å². The van der Waals surface area contributed by atoms with Crippen molar-refractivity contribution in [2.45, 2.75) is 5.16 Å². The number of amides is 1. The lowest BCUT2D eigenvalue weighted by atomic mass is 10.1. The van der Waals surface area contributed by atoms with Gasteiger partial charge >= 0.3 is 0 Å². The lowest BCUT2D eigenvalue weighted by Gasteiger charge is -2.14. The summed E-state index contributed by atoms with van der Waals surface area (Å²) in [6.07, 6.45) is 0. The SMILES string of the molecule is COc1ccc(-n2c(SCC(=O)Nc3cc4oc5ccccc5c4cc3OC)nc3ccccc3c2=O)cc1. The number of carbonyl (C=O) groups excluding carboxylic acids is 1. The molecule has 0 spiro atoms. The van der Waals surface area contributed by atoms with E-state index in [1.807, 2.05) is 36.4 Å². The van der Waals surface area contributed by atoms with Crippen LogP contribution < -0.4 is 20.3 Å². The first-order chi connectivity index (χ1) is 19.1. The molecule has 0 radical (unpaired) electrons. The van der Waals surface area contributed by atoms with Crippen LogP contribution in [-0.4, -0.2) is 35.4 Å². The van der Waals surface area contributed by atoms with Gasteiger partial charge in [0.15, 0.2) is 5.16 Å². The Kier molecular flexibility index (Phi) is 6.42. The molecule has 8 nitrogen and oxygen atoms in total. The van der Waals surface area contributed by atoms with E-state index in [2.05, 4.69) is 5.32 Å². The maximum absolute atomic E-state index is 13.5. The molecule has 39 heavy (non-hydrogen) atoms. The van der Waals surface area contributed by atoms with Crippen molar-refractivity contribution in [1.29, 1.82) is 0 Å². The predicted octanol–water partition coefficient (Wildman–Crippen LogP) is 6.03. The molecule has 6 aromatic rings. The Morgan fingerprint density at radius 2 is 1.64 bits per heavy atom. The fraction of sp³-hybridized carbons (Fsp3) is 0.100. The molecule has 0 saturated carbocycles. The number of hydrogen-bond donors (Lipinski definition) is 1. The molecule has 0 aliphatic carbocycles. The van der Waals surface area contributed by atoms with Gasteiger partial charge in [-0.05, 0) is 48.5 Å². The van der Waals surface area contributed by atoms with Crippen molar-refractivity contribution in [1.82, 2.24) is 9.55 Å². The number of benzene rings is 4. The van der Waals surface area contributed by atoms with Crippen molar-refractivity contribution >= 4 is 56.2 Å². The summed E-state index contributed by atoms with van der Waals surface area (Å²) in [6.45, 7) is 0. The number of fused-ring (bicyclic) bond motifs is 4. The van der Waals surface area contributed by atoms with Gasteiger partial charge in [0, 0.05) is 16.8 Å². The largest absolute Gasteiger partial charge is 0.497 e. The zero-order valence-corrected chi connectivity index (χ0v) is 22.0. The van der Waals surface area contributed by atoms with E-state index in [0.717, 1.165) is 16.4 Å². The summed E-state index contributed by atoms with van der Waals surface area (Å²) in [5.41, 5.74) is 2.86. The van der Waals surface area contributed by atoms with Gasteiger partial charge in [0.05, 0.1) is 42.3 Å². The smallest absolute Gasteiger partial charge is 0.266 e. The highest BCUT2D eigenvalue weighted by Gasteiger charge is 2.17. The molecule has 9 heteroatoms. The third-order valence-electron chi connectivity index (χ3n) is 6.38. The van der Waals surface area contributed by atoms with Gasteiger partial charge in [0.1, 0.15) is 22.7 Å². The van der Waals surface area contributed by atoms with Gasteiger partial charge < -0.3 is 19.2 Å². The van der Waals surface area contributed by atoms with Gasteiger partial charge in [-0.3, -0.25) is 14.2 Å². The molecule has 0 saturated heterocycles. The van der Waals surface area contributed by atoms with Crippen LogP contribution in [0, 0.1) is 0 Å². The molecule has 2 heterocycles. The van der Waals surface area contributed by atoms with Crippen LogP contribution in [0.5, 0.6) is 11.5 Å². The van der Waals surface area contributed by atoms with E-state index < -0.39 is 0 Å². The summed E-state index contributed by atoms with van der Waals surface area (Å²) < 4.78 is 18.3. The number of aromatic nitrogens is 2. The number of para-hydroxylation sites is 2. The van der Waals surface area contributed by atoms with Crippen LogP contribution in [0.1, 0.15) is 0 Å². The van der Waals surface area contributed by atoms with Gasteiger partial charge in [0.25, 0.3) is 5.56 Å². The van der Waals surface area contributed by atoms with Crippen molar-refractivity contribution in [2.75, 3.05) is 25.3 Å². The van der Waals surface area contributed by atoms with Crippen LogP contribution in [0.4, 0.5) is 5.69 Å². The van der Waals surface area contributed by atoms with E-state index in [-0.39, 0.29) is 17.2 Å². The number of anilines is 1. The lowest BCUT2D eigenvalue weighted by molar-refractivity contribution is -0.113. The Morgan fingerprint density at radius 3 is 2.41 bits per heavy atom. The zero-order chi connectivity index (χ0) is 26.9. The first kappa shape index (κ1) is 24.6. The number of furan rings is 1. The summed E-state index contributed by atoms with van der Waals surface area (Å²) in [5, 5.41) is 5.68. The second kappa shape index (κ2) is 10.2. The molecule has 1 N–H and O–H groups in total. The highest BCUT2D eigenvalue weighted by Crippen LogP contribution is 2.36. The molecule has 0 fully saturated rings. The van der Waals surface area contributed by atoms with E-state index in [4.69, 9.17) is 18.9 Å². The summed E-state index contributed by atoms with van der Waals surface area (Å²) in [5.74, 6) is 0.927. The molecule has 6 rings (SSSR count). The van der Waals surface area contributed by atoms with Gasteiger partial charge in [-0.1, -0.05) is 42.1 Å². The van der Waals surface area contributed by atoms with Gasteiger partial charge in [-0.25, -0.2) is 4.98 Å². The minimum Gasteiger partial charge on any atom is -0.497 e. The number of thioether (sulfide) groups is 1. The maximum Gasteiger partial charge on any atom is 0.266 e. The quantitative estimate of drug-likeness (QED) is 0.196. The highest BCUT2D eigenvalue weighted by atomic mass is 32.2. The van der Waals surface area contributed by atoms with E-state index >= 15 is 0 Å². The van der Waals surface area contributed by atoms with Crippen LogP contribution in [0.2, 0.25) is 0 Å². The molecular formula is C30H23N3O5S. The minimum absolute atomic E-state index is 0.0161. The number of ether oxygens (including phenoxy) is 2. The van der Waals surface area contributed by atoms with Crippen LogP contribution in [0.3, 0.4) is 0 Å². The number of nitrogens with one attached hydrogen (secondary N) is 1. The van der Waals surface area contributed by atoms with E-state index in [1.54, 1.807) is 62.8 Å². The summed E-state index contributed by atoms with van der Waals surface area (Å²) in [7, 11) is 3.14. The Morgan fingerprint density at radius 1 is 0.897 bits per heavy atom. The number of nitrogens with zero attached hydrogens (tertiary/aromatic N) is 2. The average molecular weight is 538 g/mol. The van der Waals surface area contributed by atoms with E-state index in [1.165, 1.54) is 16.3 Å². The van der Waals surface area contributed by atoms with Crippen LogP contribution >= 0.6 is 11.8 Å². The minimum atomic E-state index is -0.280. The molecule has 0 atom stereocenters. The van der Waals surface area contributed by atoms with Crippen molar-refractivity contribution in [2.24, 2.45) is 0 Å². The van der Waals surface area contributed by atoms with Crippen LogP contribution in [0.15, 0.2) is 99.3 Å². The number of hydrogen-bond acceptors (Lipinski definition) is 7. The molecule has 0 unspecified atom stereocenters. The van der Waals surface area contributed by atoms with Crippen LogP contribution in [-0.2, 0) is 4.79 Å². The fourth-order valence-corrected chi connectivity index (χ4v) is 5.32. The first-order valence-electron chi connectivity index (χ1n) is 12.1. The summed E-state index contributed by atoms with van der Waals surface area (Å²) in [4.78, 5) is 31.3. The van der Waals surface area contributed by atoms with Crippen LogP contribution in [0.25, 0.3) is 38.5 Å². The Balaban J connectivity index is 1.31. The Hall–Kier alpha value is -4.76. The number of carbonyl (C=O) groups is 1. The summed E-state index contributed by atoms with van der Waals surface area (Å²) >= 11 is 1.17. The third-order valence-corrected chi connectivity index (χ3v) is 7.32. The zero-order valence-electron chi connectivity index (χ0n) is 21.1. The second-order valence-corrected chi connectivity index (χ2v) is 9.68. The molecule has 194 valence electrons. The summed E-state index contributed by atoms with van der Waals surface area (Å²) in [6, 6.07) is 25.6. The van der Waals surface area contributed by atoms with E-state index in [9.17, 15) is 9.59 Å². The molecule has 1 amide bonds. The third kappa shape index (κ3) is 4.57. The molecule has 2 aromatic heterocycles. The Bertz CT molecular complexity index is 1910. The predicted molar refractivity (Wildman–Crippen MR) is 154 cm³/mol. The van der Waals surface area contributed by atoms with Crippen molar-refractivity contribution in [3.63, 3.8) is 0 Å².